The van der Waals surface area contributed by atoms with Gasteiger partial charge in [0.25, 0.3) is 0 Å². The topological polar surface area (TPSA) is 81.4 Å². The van der Waals surface area contributed by atoms with Crippen LogP contribution in [-0.4, -0.2) is 24.5 Å². The van der Waals surface area contributed by atoms with Gasteiger partial charge in [-0.1, -0.05) is 26.0 Å². The van der Waals surface area contributed by atoms with E-state index in [1.54, 1.807) is 19.1 Å². The molecule has 21 heavy (non-hydrogen) atoms. The molecule has 0 spiro atoms. The van der Waals surface area contributed by atoms with E-state index in [2.05, 4.69) is 5.32 Å². The van der Waals surface area contributed by atoms with Gasteiger partial charge in [0.15, 0.2) is 0 Å². The first kappa shape index (κ1) is 17.0. The van der Waals surface area contributed by atoms with Crippen molar-refractivity contribution in [2.75, 3.05) is 12.3 Å². The molecule has 5 nitrogen and oxygen atoms in total. The van der Waals surface area contributed by atoms with E-state index in [0.717, 1.165) is 5.56 Å². The summed E-state index contributed by atoms with van der Waals surface area (Å²) in [5.74, 6) is -0.311. The zero-order chi connectivity index (χ0) is 15.8. The Bertz CT molecular complexity index is 469. The van der Waals surface area contributed by atoms with Gasteiger partial charge in [0.2, 0.25) is 5.91 Å². The third-order valence-electron chi connectivity index (χ3n) is 2.92. The van der Waals surface area contributed by atoms with Crippen LogP contribution in [0, 0.1) is 5.92 Å². The van der Waals surface area contributed by atoms with E-state index < -0.39 is 12.0 Å². The van der Waals surface area contributed by atoms with Gasteiger partial charge in [0, 0.05) is 18.5 Å². The molecule has 0 heterocycles. The summed E-state index contributed by atoms with van der Waals surface area (Å²) in [6.07, 6.45) is 0.778. The van der Waals surface area contributed by atoms with E-state index in [4.69, 9.17) is 10.5 Å². The molecule has 1 amide bonds. The van der Waals surface area contributed by atoms with E-state index in [9.17, 15) is 9.59 Å². The highest BCUT2D eigenvalue weighted by Gasteiger charge is 2.22. The van der Waals surface area contributed by atoms with E-state index in [0.29, 0.717) is 18.5 Å². The fourth-order valence-electron chi connectivity index (χ4n) is 1.95. The minimum absolute atomic E-state index is 0.140. The Morgan fingerprint density at radius 1 is 1.24 bits per heavy atom. The number of amides is 1. The molecular formula is C16H24N2O3. The van der Waals surface area contributed by atoms with Gasteiger partial charge in [0.1, 0.15) is 6.04 Å². The zero-order valence-corrected chi connectivity index (χ0v) is 12.9. The number of ether oxygens (including phenoxy) is 1. The Hall–Kier alpha value is -2.04. The first-order chi connectivity index (χ1) is 9.92. The first-order valence-corrected chi connectivity index (χ1v) is 7.22. The molecule has 0 aromatic heterocycles. The molecule has 0 radical (unpaired) electrons. The van der Waals surface area contributed by atoms with Gasteiger partial charge in [-0.3, -0.25) is 4.79 Å². The number of anilines is 1. The van der Waals surface area contributed by atoms with Gasteiger partial charge in [-0.25, -0.2) is 4.79 Å². The average Bonchev–Trinajstić information content (AvgIpc) is 2.40. The molecule has 5 heteroatoms. The van der Waals surface area contributed by atoms with E-state index >= 15 is 0 Å². The molecule has 1 aromatic carbocycles. The van der Waals surface area contributed by atoms with Crippen LogP contribution < -0.4 is 11.1 Å². The number of nitrogen functional groups attached to an aromatic ring is 1. The second-order valence-electron chi connectivity index (χ2n) is 5.42. The average molecular weight is 292 g/mol. The molecule has 1 unspecified atom stereocenters. The molecule has 116 valence electrons. The number of hydrogen-bond acceptors (Lipinski definition) is 4. The number of rotatable bonds is 7. The minimum atomic E-state index is -0.667. The van der Waals surface area contributed by atoms with Crippen LogP contribution in [0.25, 0.3) is 0 Å². The van der Waals surface area contributed by atoms with Gasteiger partial charge in [0.05, 0.1) is 6.61 Å². The predicted molar refractivity (Wildman–Crippen MR) is 82.6 cm³/mol. The minimum Gasteiger partial charge on any atom is -0.464 e. The van der Waals surface area contributed by atoms with Gasteiger partial charge in [-0.2, -0.15) is 0 Å². The summed E-state index contributed by atoms with van der Waals surface area (Å²) in [5.41, 5.74) is 7.22. The summed E-state index contributed by atoms with van der Waals surface area (Å²) >= 11 is 0. The Labute approximate surface area is 125 Å². The quantitative estimate of drug-likeness (QED) is 0.594. The van der Waals surface area contributed by atoms with Crippen molar-refractivity contribution < 1.29 is 14.3 Å². The number of benzene rings is 1. The number of nitrogens with two attached hydrogens (primary N) is 1. The highest BCUT2D eigenvalue weighted by Crippen LogP contribution is 2.09. The standard InChI is InChI=1S/C16H24N2O3/c1-4-21-16(20)14(18-15(19)9-11(2)3)10-12-5-7-13(17)8-6-12/h5-8,11,14H,4,9-10,17H2,1-3H3,(H,18,19). The lowest BCUT2D eigenvalue weighted by molar-refractivity contribution is -0.147. The molecule has 0 saturated carbocycles. The van der Waals surface area contributed by atoms with Crippen LogP contribution in [0.3, 0.4) is 0 Å². The number of nitrogens with one attached hydrogen (secondary N) is 1. The highest BCUT2D eigenvalue weighted by atomic mass is 16.5. The summed E-state index contributed by atoms with van der Waals surface area (Å²) in [6, 6.07) is 6.56. The van der Waals surface area contributed by atoms with E-state index in [1.807, 2.05) is 26.0 Å². The molecule has 0 saturated heterocycles. The molecular weight excluding hydrogens is 268 g/mol. The van der Waals surface area contributed by atoms with Crippen molar-refractivity contribution in [3.8, 4) is 0 Å². The molecule has 1 rings (SSSR count). The molecule has 0 aliphatic heterocycles. The maximum Gasteiger partial charge on any atom is 0.328 e. The summed E-state index contributed by atoms with van der Waals surface area (Å²) < 4.78 is 5.03. The Morgan fingerprint density at radius 2 is 1.86 bits per heavy atom. The molecule has 0 aliphatic carbocycles. The van der Waals surface area contributed by atoms with Gasteiger partial charge in [-0.15, -0.1) is 0 Å². The molecule has 0 fully saturated rings. The largest absolute Gasteiger partial charge is 0.464 e. The second kappa shape index (κ2) is 8.29. The molecule has 0 bridgehead atoms. The molecule has 1 atom stereocenters. The summed E-state index contributed by atoms with van der Waals surface area (Å²) in [6.45, 7) is 5.95. The summed E-state index contributed by atoms with van der Waals surface area (Å²) in [7, 11) is 0. The predicted octanol–water partition coefficient (Wildman–Crippen LogP) is 1.91. The fourth-order valence-corrected chi connectivity index (χ4v) is 1.95. The number of carbonyl (C=O) groups is 2. The summed E-state index contributed by atoms with van der Waals surface area (Å²) in [5, 5.41) is 2.75. The van der Waals surface area contributed by atoms with E-state index in [1.165, 1.54) is 0 Å². The van der Waals surface area contributed by atoms with Gasteiger partial charge in [-0.05, 0) is 30.5 Å². The number of esters is 1. The SMILES string of the molecule is CCOC(=O)C(Cc1ccc(N)cc1)NC(=O)CC(C)C. The molecule has 3 N–H and O–H groups in total. The van der Waals surface area contributed by atoms with Crippen molar-refractivity contribution in [1.82, 2.24) is 5.32 Å². The van der Waals surface area contributed by atoms with E-state index in [-0.39, 0.29) is 18.4 Å². The third-order valence-corrected chi connectivity index (χ3v) is 2.92. The first-order valence-electron chi connectivity index (χ1n) is 7.22. The van der Waals surface area contributed by atoms with Crippen LogP contribution in [0.4, 0.5) is 5.69 Å². The van der Waals surface area contributed by atoms with Crippen LogP contribution in [0.15, 0.2) is 24.3 Å². The van der Waals surface area contributed by atoms with Crippen LogP contribution in [0.5, 0.6) is 0 Å². The lowest BCUT2D eigenvalue weighted by Gasteiger charge is -2.18. The van der Waals surface area contributed by atoms with Crippen molar-refractivity contribution in [2.45, 2.75) is 39.7 Å². The van der Waals surface area contributed by atoms with Crippen molar-refractivity contribution in [2.24, 2.45) is 5.92 Å². The van der Waals surface area contributed by atoms with Crippen LogP contribution in [0.2, 0.25) is 0 Å². The number of carbonyl (C=O) groups excluding carboxylic acids is 2. The number of hydrogen-bond donors (Lipinski definition) is 2. The molecule has 0 aliphatic rings. The monoisotopic (exact) mass is 292 g/mol. The Balaban J connectivity index is 2.74. The van der Waals surface area contributed by atoms with Crippen LogP contribution >= 0.6 is 0 Å². The highest BCUT2D eigenvalue weighted by molar-refractivity contribution is 5.84. The maximum absolute atomic E-state index is 12.0. The van der Waals surface area contributed by atoms with Crippen molar-refractivity contribution in [3.63, 3.8) is 0 Å². The normalized spacial score (nSPS) is 12.0. The smallest absolute Gasteiger partial charge is 0.328 e. The maximum atomic E-state index is 12.0. The summed E-state index contributed by atoms with van der Waals surface area (Å²) in [4.78, 5) is 23.9. The molecule has 1 aromatic rings. The second-order valence-corrected chi connectivity index (χ2v) is 5.42. The lowest BCUT2D eigenvalue weighted by atomic mass is 10.0. The van der Waals surface area contributed by atoms with Crippen LogP contribution in [0.1, 0.15) is 32.8 Å². The van der Waals surface area contributed by atoms with Crippen molar-refractivity contribution in [1.29, 1.82) is 0 Å². The lowest BCUT2D eigenvalue weighted by Crippen LogP contribution is -2.43. The van der Waals surface area contributed by atoms with Gasteiger partial charge >= 0.3 is 5.97 Å². The fraction of sp³-hybridized carbons (Fsp3) is 0.500. The Kier molecular flexibility index (Phi) is 6.72. The van der Waals surface area contributed by atoms with Crippen molar-refractivity contribution in [3.05, 3.63) is 29.8 Å². The zero-order valence-electron chi connectivity index (χ0n) is 12.9. The van der Waals surface area contributed by atoms with Crippen molar-refractivity contribution >= 4 is 17.6 Å². The van der Waals surface area contributed by atoms with Crippen LogP contribution in [-0.2, 0) is 20.7 Å². The third kappa shape index (κ3) is 6.29. The van der Waals surface area contributed by atoms with Gasteiger partial charge < -0.3 is 15.8 Å². The Morgan fingerprint density at radius 3 is 2.38 bits per heavy atom.